The number of thiophene rings is 1. The largest absolute Gasteiger partial charge is 0.341 e. The quantitative estimate of drug-likeness (QED) is 0.459. The maximum atomic E-state index is 13.2. The molecule has 2 atom stereocenters. The van der Waals surface area contributed by atoms with Crippen LogP contribution in [0.3, 0.4) is 0 Å². The summed E-state index contributed by atoms with van der Waals surface area (Å²) < 4.78 is 2.28. The van der Waals surface area contributed by atoms with Crippen LogP contribution in [0.2, 0.25) is 0 Å². The highest BCUT2D eigenvalue weighted by molar-refractivity contribution is 7.99. The molecule has 0 N–H and O–H groups in total. The minimum Gasteiger partial charge on any atom is -0.341 e. The lowest BCUT2D eigenvalue weighted by atomic mass is 9.92. The van der Waals surface area contributed by atoms with Crippen molar-refractivity contribution in [1.29, 1.82) is 0 Å². The molecule has 4 rings (SSSR count). The number of aryl methyl sites for hydroxylation is 1. The van der Waals surface area contributed by atoms with E-state index < -0.39 is 0 Å². The molecule has 1 amide bonds. The fraction of sp³-hybridized carbons (Fsp3) is 0.409. The number of nitrogens with zero attached hydrogens (tertiary/aromatic N) is 3. The molecule has 152 valence electrons. The fourth-order valence-corrected chi connectivity index (χ4v) is 5.74. The van der Waals surface area contributed by atoms with Crippen LogP contribution in [0.15, 0.2) is 45.7 Å². The standard InChI is InChI=1S/C22H25N3O2S2/c1-14-5-4-6-17(10-14)25-21(27)20-18(7-8-28-20)23-22(25)29-13-19(26)24-11-15(2)9-16(3)12-24/h4-8,10,15-16H,9,11-13H2,1-3H3/t15-,16+. The number of hydrogen-bond donors (Lipinski definition) is 0. The van der Waals surface area contributed by atoms with Gasteiger partial charge in [-0.1, -0.05) is 37.7 Å². The molecule has 2 aromatic heterocycles. The van der Waals surface area contributed by atoms with Gasteiger partial charge in [0.2, 0.25) is 5.91 Å². The smallest absolute Gasteiger partial charge is 0.276 e. The van der Waals surface area contributed by atoms with E-state index in [9.17, 15) is 9.59 Å². The van der Waals surface area contributed by atoms with Crippen LogP contribution in [0.4, 0.5) is 0 Å². The van der Waals surface area contributed by atoms with E-state index in [0.29, 0.717) is 27.2 Å². The predicted molar refractivity (Wildman–Crippen MR) is 120 cm³/mol. The molecule has 3 aromatic rings. The van der Waals surface area contributed by atoms with Crippen LogP contribution < -0.4 is 5.56 Å². The number of fused-ring (bicyclic) bond motifs is 1. The minimum atomic E-state index is -0.0780. The number of benzene rings is 1. The third-order valence-corrected chi connectivity index (χ3v) is 7.07. The highest BCUT2D eigenvalue weighted by Crippen LogP contribution is 2.26. The molecule has 0 saturated carbocycles. The fourth-order valence-electron chi connectivity index (χ4n) is 4.07. The van der Waals surface area contributed by atoms with Gasteiger partial charge >= 0.3 is 0 Å². The second-order valence-corrected chi connectivity index (χ2v) is 9.90. The van der Waals surface area contributed by atoms with E-state index in [1.807, 2.05) is 47.5 Å². The van der Waals surface area contributed by atoms with Crippen LogP contribution in [0.25, 0.3) is 15.9 Å². The van der Waals surface area contributed by atoms with Crippen molar-refractivity contribution in [3.63, 3.8) is 0 Å². The Hall–Kier alpha value is -2.12. The first-order valence-corrected chi connectivity index (χ1v) is 11.8. The summed E-state index contributed by atoms with van der Waals surface area (Å²) in [5.74, 6) is 1.45. The van der Waals surface area contributed by atoms with E-state index in [2.05, 4.69) is 13.8 Å². The normalized spacial score (nSPS) is 19.6. The number of carbonyl (C=O) groups is 1. The first-order chi connectivity index (χ1) is 13.9. The van der Waals surface area contributed by atoms with E-state index in [-0.39, 0.29) is 17.2 Å². The highest BCUT2D eigenvalue weighted by Gasteiger charge is 2.26. The van der Waals surface area contributed by atoms with Crippen molar-refractivity contribution in [2.24, 2.45) is 11.8 Å². The van der Waals surface area contributed by atoms with Gasteiger partial charge < -0.3 is 4.90 Å². The number of aromatic nitrogens is 2. The second-order valence-electron chi connectivity index (χ2n) is 8.04. The summed E-state index contributed by atoms with van der Waals surface area (Å²) >= 11 is 2.75. The topological polar surface area (TPSA) is 55.2 Å². The van der Waals surface area contributed by atoms with E-state index in [1.54, 1.807) is 4.57 Å². The van der Waals surface area contributed by atoms with Crippen molar-refractivity contribution >= 4 is 39.2 Å². The average molecular weight is 428 g/mol. The molecular weight excluding hydrogens is 402 g/mol. The zero-order valence-corrected chi connectivity index (χ0v) is 18.6. The lowest BCUT2D eigenvalue weighted by molar-refractivity contribution is -0.130. The maximum Gasteiger partial charge on any atom is 0.276 e. The first-order valence-electron chi connectivity index (χ1n) is 9.90. The number of likely N-dealkylation sites (tertiary alicyclic amines) is 1. The monoisotopic (exact) mass is 427 g/mol. The van der Waals surface area contributed by atoms with Crippen LogP contribution in [0.5, 0.6) is 0 Å². The number of thioether (sulfide) groups is 1. The van der Waals surface area contributed by atoms with Gasteiger partial charge in [-0.2, -0.15) is 0 Å². The van der Waals surface area contributed by atoms with Crippen LogP contribution in [-0.4, -0.2) is 39.2 Å². The summed E-state index contributed by atoms with van der Waals surface area (Å²) in [5.41, 5.74) is 2.47. The lowest BCUT2D eigenvalue weighted by Gasteiger charge is -2.35. The van der Waals surface area contributed by atoms with Gasteiger partial charge in [0.15, 0.2) is 5.16 Å². The molecular formula is C22H25N3O2S2. The van der Waals surface area contributed by atoms with E-state index in [4.69, 9.17) is 4.98 Å². The maximum absolute atomic E-state index is 13.2. The Kier molecular flexibility index (Phi) is 5.79. The van der Waals surface area contributed by atoms with Gasteiger partial charge in [-0.05, 0) is 54.3 Å². The average Bonchev–Trinajstić information content (AvgIpc) is 3.14. The summed E-state index contributed by atoms with van der Waals surface area (Å²) in [6.45, 7) is 8.02. The number of carbonyl (C=O) groups excluding carboxylic acids is 1. The van der Waals surface area contributed by atoms with Crippen LogP contribution in [0, 0.1) is 18.8 Å². The molecule has 0 spiro atoms. The molecule has 0 unspecified atom stereocenters. The summed E-state index contributed by atoms with van der Waals surface area (Å²) in [5, 5.41) is 2.45. The van der Waals surface area contributed by atoms with Crippen molar-refractivity contribution in [3.05, 3.63) is 51.6 Å². The molecule has 1 fully saturated rings. The Morgan fingerprint density at radius 3 is 2.72 bits per heavy atom. The van der Waals surface area contributed by atoms with E-state index in [1.165, 1.54) is 29.5 Å². The molecule has 0 aliphatic carbocycles. The Morgan fingerprint density at radius 2 is 2.00 bits per heavy atom. The van der Waals surface area contributed by atoms with Gasteiger partial charge in [-0.15, -0.1) is 11.3 Å². The van der Waals surface area contributed by atoms with Gasteiger partial charge in [0.25, 0.3) is 5.56 Å². The molecule has 1 aliphatic heterocycles. The number of hydrogen-bond acceptors (Lipinski definition) is 5. The number of piperidine rings is 1. The molecule has 3 heterocycles. The van der Waals surface area contributed by atoms with Gasteiger partial charge in [0.1, 0.15) is 4.70 Å². The molecule has 0 bridgehead atoms. The minimum absolute atomic E-state index is 0.0780. The molecule has 1 aliphatic rings. The third kappa shape index (κ3) is 4.26. The number of amides is 1. The zero-order chi connectivity index (χ0) is 20.5. The Morgan fingerprint density at radius 1 is 1.24 bits per heavy atom. The van der Waals surface area contributed by atoms with Gasteiger partial charge in [-0.3, -0.25) is 14.2 Å². The lowest BCUT2D eigenvalue weighted by Crippen LogP contribution is -2.43. The Labute approximate surface area is 178 Å². The molecule has 7 heteroatoms. The molecule has 29 heavy (non-hydrogen) atoms. The molecule has 0 radical (unpaired) electrons. The van der Waals surface area contributed by atoms with Gasteiger partial charge in [0, 0.05) is 13.1 Å². The summed E-state index contributed by atoms with van der Waals surface area (Å²) in [7, 11) is 0. The Bertz CT molecular complexity index is 1090. The van der Waals surface area contributed by atoms with Gasteiger partial charge in [0.05, 0.1) is 17.0 Å². The van der Waals surface area contributed by atoms with Crippen molar-refractivity contribution in [2.45, 2.75) is 32.3 Å². The van der Waals surface area contributed by atoms with Crippen molar-refractivity contribution in [2.75, 3.05) is 18.8 Å². The van der Waals surface area contributed by atoms with Crippen molar-refractivity contribution < 1.29 is 4.79 Å². The predicted octanol–water partition coefficient (Wildman–Crippen LogP) is 4.35. The molecule has 5 nitrogen and oxygen atoms in total. The second kappa shape index (κ2) is 8.32. The zero-order valence-electron chi connectivity index (χ0n) is 16.9. The van der Waals surface area contributed by atoms with E-state index >= 15 is 0 Å². The summed E-state index contributed by atoms with van der Waals surface area (Å²) in [4.78, 5) is 32.7. The SMILES string of the molecule is Cc1cccc(-n2c(SCC(=O)N3C[C@H](C)C[C@H](C)C3)nc3ccsc3c2=O)c1. The molecule has 1 aromatic carbocycles. The summed E-state index contributed by atoms with van der Waals surface area (Å²) in [6, 6.07) is 9.69. The van der Waals surface area contributed by atoms with Gasteiger partial charge in [-0.25, -0.2) is 4.98 Å². The highest BCUT2D eigenvalue weighted by atomic mass is 32.2. The Balaban J connectivity index is 1.65. The van der Waals surface area contributed by atoms with Crippen LogP contribution >= 0.6 is 23.1 Å². The van der Waals surface area contributed by atoms with Crippen molar-refractivity contribution in [3.8, 4) is 5.69 Å². The van der Waals surface area contributed by atoms with E-state index in [0.717, 1.165) is 24.3 Å². The van der Waals surface area contributed by atoms with Crippen LogP contribution in [0.1, 0.15) is 25.8 Å². The first kappa shape index (κ1) is 20.2. The summed E-state index contributed by atoms with van der Waals surface area (Å²) in [6.07, 6.45) is 1.17. The number of rotatable bonds is 4. The third-order valence-electron chi connectivity index (χ3n) is 5.26. The van der Waals surface area contributed by atoms with Crippen molar-refractivity contribution in [1.82, 2.24) is 14.5 Å². The van der Waals surface area contributed by atoms with Crippen LogP contribution in [-0.2, 0) is 4.79 Å². The molecule has 1 saturated heterocycles.